The van der Waals surface area contributed by atoms with Gasteiger partial charge in [-0.1, -0.05) is 12.2 Å². The summed E-state index contributed by atoms with van der Waals surface area (Å²) in [6.45, 7) is 2.61. The molecule has 72 valence electrons. The maximum atomic E-state index is 11.8. The summed E-state index contributed by atoms with van der Waals surface area (Å²) in [5.41, 5.74) is 0.0989. The number of hydrogen-bond donors (Lipinski definition) is 0. The van der Waals surface area contributed by atoms with Gasteiger partial charge in [0.25, 0.3) is 5.56 Å². The first kappa shape index (κ1) is 9.21. The Hall–Kier alpha value is -1.35. The van der Waals surface area contributed by atoms with Crippen LogP contribution in [0.5, 0.6) is 0 Å². The van der Waals surface area contributed by atoms with Crippen molar-refractivity contribution >= 4 is 21.4 Å². The fourth-order valence-electron chi connectivity index (χ4n) is 1.37. The summed E-state index contributed by atoms with van der Waals surface area (Å²) in [4.78, 5) is 11.8. The van der Waals surface area contributed by atoms with Gasteiger partial charge in [-0.05, 0) is 24.4 Å². The summed E-state index contributed by atoms with van der Waals surface area (Å²) in [6.07, 6.45) is 5.77. The van der Waals surface area contributed by atoms with Gasteiger partial charge in [0, 0.05) is 17.4 Å². The lowest BCUT2D eigenvalue weighted by Crippen LogP contribution is -2.17. The Morgan fingerprint density at radius 1 is 1.50 bits per heavy atom. The molecule has 2 aromatic heterocycles. The largest absolute Gasteiger partial charge is 0.311 e. The first-order valence-electron chi connectivity index (χ1n) is 4.50. The molecule has 0 fully saturated rings. The van der Waals surface area contributed by atoms with Gasteiger partial charge in [0.2, 0.25) is 0 Å². The summed E-state index contributed by atoms with van der Waals surface area (Å²) in [5, 5.41) is 2.77. The van der Waals surface area contributed by atoms with E-state index in [0.717, 1.165) is 10.1 Å². The molecule has 2 rings (SSSR count). The van der Waals surface area contributed by atoms with Gasteiger partial charge in [-0.25, -0.2) is 0 Å². The topological polar surface area (TPSA) is 22.0 Å². The Labute approximate surface area is 86.1 Å². The van der Waals surface area contributed by atoms with Crippen LogP contribution in [0.3, 0.4) is 0 Å². The normalized spacial score (nSPS) is 11.5. The minimum atomic E-state index is 0.0989. The molecule has 0 spiro atoms. The maximum absolute atomic E-state index is 11.8. The third-order valence-corrected chi connectivity index (χ3v) is 3.01. The summed E-state index contributed by atoms with van der Waals surface area (Å²) >= 11 is 1.60. The highest BCUT2D eigenvalue weighted by atomic mass is 32.1. The molecular formula is C11H11NOS. The predicted molar refractivity (Wildman–Crippen MR) is 60.9 cm³/mol. The van der Waals surface area contributed by atoms with Crippen LogP contribution in [0.1, 0.15) is 6.92 Å². The molecule has 0 aromatic carbocycles. The zero-order chi connectivity index (χ0) is 9.97. The van der Waals surface area contributed by atoms with E-state index in [1.807, 2.05) is 42.8 Å². The molecule has 2 nitrogen and oxygen atoms in total. The molecule has 0 N–H and O–H groups in total. The van der Waals surface area contributed by atoms with E-state index in [9.17, 15) is 4.79 Å². The Bertz CT molecular complexity index is 521. The second kappa shape index (κ2) is 3.80. The van der Waals surface area contributed by atoms with Crippen LogP contribution in [0.4, 0.5) is 0 Å². The van der Waals surface area contributed by atoms with Crippen LogP contribution in [-0.2, 0) is 6.54 Å². The van der Waals surface area contributed by atoms with Gasteiger partial charge in [-0.15, -0.1) is 11.3 Å². The number of nitrogens with zero attached hydrogens (tertiary/aromatic N) is 1. The van der Waals surface area contributed by atoms with E-state index in [-0.39, 0.29) is 5.56 Å². The van der Waals surface area contributed by atoms with Crippen molar-refractivity contribution in [3.05, 3.63) is 46.2 Å². The summed E-state index contributed by atoms with van der Waals surface area (Å²) in [5.74, 6) is 0. The van der Waals surface area contributed by atoms with E-state index < -0.39 is 0 Å². The van der Waals surface area contributed by atoms with Crippen molar-refractivity contribution in [2.75, 3.05) is 0 Å². The lowest BCUT2D eigenvalue weighted by atomic mass is 10.3. The number of hydrogen-bond acceptors (Lipinski definition) is 2. The summed E-state index contributed by atoms with van der Waals surface area (Å²) in [7, 11) is 0. The van der Waals surface area contributed by atoms with E-state index in [0.29, 0.717) is 6.54 Å². The SMILES string of the molecule is C/C=C/Cn1ccc2sccc2c1=O. The molecule has 0 saturated heterocycles. The molecule has 0 aliphatic carbocycles. The van der Waals surface area contributed by atoms with Crippen molar-refractivity contribution in [2.45, 2.75) is 13.5 Å². The van der Waals surface area contributed by atoms with Gasteiger partial charge in [-0.3, -0.25) is 4.79 Å². The van der Waals surface area contributed by atoms with Gasteiger partial charge < -0.3 is 4.57 Å². The lowest BCUT2D eigenvalue weighted by molar-refractivity contribution is 0.788. The molecule has 0 bridgehead atoms. The van der Waals surface area contributed by atoms with Crippen molar-refractivity contribution in [2.24, 2.45) is 0 Å². The van der Waals surface area contributed by atoms with E-state index >= 15 is 0 Å². The van der Waals surface area contributed by atoms with Crippen molar-refractivity contribution in [1.82, 2.24) is 4.57 Å². The van der Waals surface area contributed by atoms with Crippen molar-refractivity contribution < 1.29 is 0 Å². The van der Waals surface area contributed by atoms with E-state index in [2.05, 4.69) is 0 Å². The highest BCUT2D eigenvalue weighted by molar-refractivity contribution is 7.17. The number of thiophene rings is 1. The lowest BCUT2D eigenvalue weighted by Gasteiger charge is -2.00. The van der Waals surface area contributed by atoms with E-state index in [1.54, 1.807) is 15.9 Å². The standard InChI is InChI=1S/C11H11NOS/c1-2-3-6-12-7-4-10-9(11(12)13)5-8-14-10/h2-5,7-8H,6H2,1H3/b3-2+. The molecule has 0 saturated carbocycles. The molecule has 0 amide bonds. The van der Waals surface area contributed by atoms with Crippen LogP contribution in [0, 0.1) is 0 Å². The number of fused-ring (bicyclic) bond motifs is 1. The molecule has 0 atom stereocenters. The third kappa shape index (κ3) is 1.51. The predicted octanol–water partition coefficient (Wildman–Crippen LogP) is 2.64. The van der Waals surface area contributed by atoms with Crippen LogP contribution in [0.15, 0.2) is 40.7 Å². The average Bonchev–Trinajstić information content (AvgIpc) is 2.66. The van der Waals surface area contributed by atoms with Crippen molar-refractivity contribution in [1.29, 1.82) is 0 Å². The van der Waals surface area contributed by atoms with Crippen molar-refractivity contribution in [3.63, 3.8) is 0 Å². The minimum Gasteiger partial charge on any atom is -0.311 e. The van der Waals surface area contributed by atoms with Crippen LogP contribution in [0.2, 0.25) is 0 Å². The molecule has 0 aliphatic heterocycles. The van der Waals surface area contributed by atoms with Gasteiger partial charge in [-0.2, -0.15) is 0 Å². The third-order valence-electron chi connectivity index (χ3n) is 2.13. The average molecular weight is 205 g/mol. The first-order valence-corrected chi connectivity index (χ1v) is 5.38. The number of rotatable bonds is 2. The number of pyridine rings is 1. The van der Waals surface area contributed by atoms with Gasteiger partial charge in [0.1, 0.15) is 0 Å². The van der Waals surface area contributed by atoms with Crippen LogP contribution in [0.25, 0.3) is 10.1 Å². The van der Waals surface area contributed by atoms with Gasteiger partial charge in [0.05, 0.1) is 5.39 Å². The molecule has 0 radical (unpaired) electrons. The fraction of sp³-hybridized carbons (Fsp3) is 0.182. The molecular weight excluding hydrogens is 194 g/mol. The summed E-state index contributed by atoms with van der Waals surface area (Å²) < 4.78 is 2.78. The fourth-order valence-corrected chi connectivity index (χ4v) is 2.14. The highest BCUT2D eigenvalue weighted by Crippen LogP contribution is 2.15. The molecule has 2 heterocycles. The molecule has 0 unspecified atom stereocenters. The monoisotopic (exact) mass is 205 g/mol. The Morgan fingerprint density at radius 3 is 3.14 bits per heavy atom. The van der Waals surface area contributed by atoms with Crippen LogP contribution in [-0.4, -0.2) is 4.57 Å². The van der Waals surface area contributed by atoms with Gasteiger partial charge in [0.15, 0.2) is 0 Å². The molecule has 3 heteroatoms. The first-order chi connectivity index (χ1) is 6.83. The molecule has 14 heavy (non-hydrogen) atoms. The molecule has 0 aliphatic rings. The zero-order valence-corrected chi connectivity index (χ0v) is 8.75. The molecule has 2 aromatic rings. The Morgan fingerprint density at radius 2 is 2.36 bits per heavy atom. The highest BCUT2D eigenvalue weighted by Gasteiger charge is 2.01. The Kier molecular flexibility index (Phi) is 2.50. The van der Waals surface area contributed by atoms with Crippen LogP contribution >= 0.6 is 11.3 Å². The minimum absolute atomic E-state index is 0.0989. The zero-order valence-electron chi connectivity index (χ0n) is 7.93. The summed E-state index contributed by atoms with van der Waals surface area (Å²) in [6, 6.07) is 3.87. The smallest absolute Gasteiger partial charge is 0.259 e. The second-order valence-electron chi connectivity index (χ2n) is 3.04. The number of allylic oxidation sites excluding steroid dienone is 2. The van der Waals surface area contributed by atoms with Crippen LogP contribution < -0.4 is 5.56 Å². The maximum Gasteiger partial charge on any atom is 0.259 e. The van der Waals surface area contributed by atoms with Crippen molar-refractivity contribution in [3.8, 4) is 0 Å². The van der Waals surface area contributed by atoms with E-state index in [4.69, 9.17) is 0 Å². The van der Waals surface area contributed by atoms with Gasteiger partial charge >= 0.3 is 0 Å². The number of aromatic nitrogens is 1. The van der Waals surface area contributed by atoms with E-state index in [1.165, 1.54) is 0 Å². The Balaban J connectivity index is 2.56. The quantitative estimate of drug-likeness (QED) is 0.691. The second-order valence-corrected chi connectivity index (χ2v) is 3.99.